The summed E-state index contributed by atoms with van der Waals surface area (Å²) < 4.78 is 0. The zero-order valence-corrected chi connectivity index (χ0v) is 43.6. The van der Waals surface area contributed by atoms with Crippen LogP contribution >= 0.6 is 0 Å². The Morgan fingerprint density at radius 1 is 0.541 bits per heavy atom. The minimum Gasteiger partial charge on any atom is -0.366 e. The highest BCUT2D eigenvalue weighted by molar-refractivity contribution is 6.14. The Labute approximate surface area is 438 Å². The third kappa shape index (κ3) is 9.39. The van der Waals surface area contributed by atoms with Crippen molar-refractivity contribution in [1.29, 1.82) is 0 Å². The number of hydrogen-bond donors (Lipinski definition) is 3. The van der Waals surface area contributed by atoms with Crippen LogP contribution in [0.5, 0.6) is 0 Å². The second-order valence-corrected chi connectivity index (χ2v) is 19.6. The summed E-state index contributed by atoms with van der Waals surface area (Å²) in [6.07, 6.45) is 11.3. The second-order valence-electron chi connectivity index (χ2n) is 19.6. The monoisotopic (exact) mass is 962 g/mol. The molecule has 0 amide bonds. The molecular formula is C71H67N3. The maximum Gasteiger partial charge on any atom is 0.100 e. The predicted octanol–water partition coefficient (Wildman–Crippen LogP) is 18.1. The molecule has 0 radical (unpaired) electrons. The maximum absolute atomic E-state index is 4.11. The van der Waals surface area contributed by atoms with Gasteiger partial charge in [0.25, 0.3) is 0 Å². The summed E-state index contributed by atoms with van der Waals surface area (Å²) in [7, 11) is 0. The largest absolute Gasteiger partial charge is 0.366 e. The molecule has 3 atom stereocenters. The first-order valence-electron chi connectivity index (χ1n) is 27.1. The van der Waals surface area contributed by atoms with E-state index in [1.165, 1.54) is 121 Å². The molecule has 13 rings (SSSR count). The first-order valence-corrected chi connectivity index (χ1v) is 27.1. The molecular weight excluding hydrogens is 895 g/mol. The zero-order valence-electron chi connectivity index (χ0n) is 43.6. The molecule has 0 saturated carbocycles. The van der Waals surface area contributed by atoms with Gasteiger partial charge in [0.15, 0.2) is 0 Å². The Hall–Kier alpha value is -7.82. The first kappa shape index (κ1) is 48.4. The molecule has 74 heavy (non-hydrogen) atoms. The Kier molecular flexibility index (Phi) is 14.2. The molecule has 3 nitrogen and oxygen atoms in total. The van der Waals surface area contributed by atoms with Crippen LogP contribution < -0.4 is 16.0 Å². The predicted molar refractivity (Wildman–Crippen MR) is 317 cm³/mol. The first-order chi connectivity index (χ1) is 36.6. The van der Waals surface area contributed by atoms with E-state index in [0.29, 0.717) is 0 Å². The normalized spacial score (nSPS) is 16.3. The van der Waals surface area contributed by atoms with E-state index in [4.69, 9.17) is 0 Å². The van der Waals surface area contributed by atoms with E-state index in [1.807, 2.05) is 27.7 Å². The molecule has 0 saturated heterocycles. The van der Waals surface area contributed by atoms with Crippen molar-refractivity contribution in [1.82, 2.24) is 16.0 Å². The van der Waals surface area contributed by atoms with Crippen molar-refractivity contribution < 1.29 is 0 Å². The number of rotatable bonds is 9. The van der Waals surface area contributed by atoms with Crippen molar-refractivity contribution in [3.63, 3.8) is 0 Å². The lowest BCUT2D eigenvalue weighted by molar-refractivity contribution is 0.417. The van der Waals surface area contributed by atoms with Crippen LogP contribution in [0.15, 0.2) is 229 Å². The lowest BCUT2D eigenvalue weighted by Gasteiger charge is -2.39. The highest BCUT2D eigenvalue weighted by atomic mass is 15.2. The van der Waals surface area contributed by atoms with Crippen molar-refractivity contribution in [2.24, 2.45) is 0 Å². The number of aryl methyl sites for hydroxylation is 2. The number of fused-ring (bicyclic) bond motifs is 7. The highest BCUT2D eigenvalue weighted by Gasteiger charge is 2.32. The fourth-order valence-corrected chi connectivity index (χ4v) is 11.8. The quantitative estimate of drug-likeness (QED) is 0.126. The molecule has 0 aromatic heterocycles. The van der Waals surface area contributed by atoms with E-state index >= 15 is 0 Å². The molecule has 1 aliphatic heterocycles. The Morgan fingerprint density at radius 2 is 1.11 bits per heavy atom. The number of nitrogens with one attached hydrogen (secondary N) is 3. The van der Waals surface area contributed by atoms with E-state index in [1.54, 1.807) is 0 Å². The van der Waals surface area contributed by atoms with Crippen molar-refractivity contribution in [3.05, 3.63) is 268 Å². The summed E-state index contributed by atoms with van der Waals surface area (Å²) in [5, 5.41) is 22.4. The number of hydrogen-bond acceptors (Lipinski definition) is 3. The van der Waals surface area contributed by atoms with E-state index in [9.17, 15) is 0 Å². The van der Waals surface area contributed by atoms with Crippen molar-refractivity contribution >= 4 is 49.2 Å². The zero-order chi connectivity index (χ0) is 50.5. The van der Waals surface area contributed by atoms with Gasteiger partial charge in [-0.05, 0) is 166 Å². The van der Waals surface area contributed by atoms with Crippen molar-refractivity contribution in [2.45, 2.75) is 85.1 Å². The van der Waals surface area contributed by atoms with Gasteiger partial charge in [0.2, 0.25) is 0 Å². The van der Waals surface area contributed by atoms with Gasteiger partial charge in [-0.15, -0.1) is 0 Å². The molecule has 0 bridgehead atoms. The van der Waals surface area contributed by atoms with E-state index < -0.39 is 0 Å². The topological polar surface area (TPSA) is 36.1 Å². The van der Waals surface area contributed by atoms with Crippen LogP contribution in [-0.2, 0) is 13.0 Å². The minimum atomic E-state index is 0.0466. The van der Waals surface area contributed by atoms with Crippen LogP contribution in [0.25, 0.3) is 71.4 Å². The summed E-state index contributed by atoms with van der Waals surface area (Å²) >= 11 is 0. The van der Waals surface area contributed by atoms with Crippen LogP contribution in [0, 0.1) is 6.92 Å². The van der Waals surface area contributed by atoms with Crippen molar-refractivity contribution in [3.8, 4) is 22.3 Å². The Bertz CT molecular complexity index is 3740. The molecule has 3 heteroatoms. The number of allylic oxidation sites excluding steroid dienone is 2. The van der Waals surface area contributed by atoms with Gasteiger partial charge in [-0.1, -0.05) is 228 Å². The summed E-state index contributed by atoms with van der Waals surface area (Å²) in [6.45, 7) is 11.0. The third-order valence-corrected chi connectivity index (χ3v) is 15.5. The smallest absolute Gasteiger partial charge is 0.100 e. The van der Waals surface area contributed by atoms with E-state index in [-0.39, 0.29) is 18.2 Å². The molecule has 0 spiro atoms. The van der Waals surface area contributed by atoms with Crippen LogP contribution in [0.2, 0.25) is 0 Å². The molecule has 3 aliphatic rings. The van der Waals surface area contributed by atoms with Gasteiger partial charge in [0, 0.05) is 12.2 Å². The average molecular weight is 962 g/mol. The van der Waals surface area contributed by atoms with Gasteiger partial charge in [-0.3, -0.25) is 5.32 Å². The standard InChI is InChI=1S/C67H55N3.2C2H6/c1-43-14-2-5-17-54(43)65(47-32-28-45(29-33-47)62-40-51-15-3-6-18-55(51)57-20-8-10-22-59(57)62)68-42-44-26-27-50-39-53(37-36-49(50)38-44)67-69-64-25-13-12-24-61(64)66(70-67)48-34-30-46(31-35-48)63-41-52-16-4-7-19-56(52)58-21-9-11-23-60(58)63;2*1-2/h2-11,13-23,25-35,38-41,65-70H,12,24,36-37,42H2,1H3;2*1-2H3. The third-order valence-electron chi connectivity index (χ3n) is 15.5. The molecule has 0 fully saturated rings. The van der Waals surface area contributed by atoms with Crippen LogP contribution in [0.3, 0.4) is 0 Å². The lowest BCUT2D eigenvalue weighted by Crippen LogP contribution is -2.50. The summed E-state index contributed by atoms with van der Waals surface area (Å²) in [4.78, 5) is 0. The fourth-order valence-electron chi connectivity index (χ4n) is 11.8. The molecule has 10 aromatic rings. The van der Waals surface area contributed by atoms with Gasteiger partial charge in [-0.25, -0.2) is 0 Å². The minimum absolute atomic E-state index is 0.0466. The maximum atomic E-state index is 4.11. The van der Waals surface area contributed by atoms with Crippen LogP contribution in [0.1, 0.15) is 98.0 Å². The Morgan fingerprint density at radius 3 is 1.74 bits per heavy atom. The second kappa shape index (κ2) is 21.7. The molecule has 3 N–H and O–H groups in total. The van der Waals surface area contributed by atoms with E-state index in [2.05, 4.69) is 241 Å². The van der Waals surface area contributed by atoms with E-state index in [0.717, 1.165) is 32.2 Å². The summed E-state index contributed by atoms with van der Waals surface area (Å²) in [5.41, 5.74) is 18.4. The summed E-state index contributed by atoms with van der Waals surface area (Å²) in [6, 6.07) is 74.6. The fraction of sp³-hybridized carbons (Fsp3) is 0.183. The Balaban J connectivity index is 0.00000144. The van der Waals surface area contributed by atoms with Crippen LogP contribution in [-0.4, -0.2) is 6.17 Å². The molecule has 1 heterocycles. The van der Waals surface area contributed by atoms with Crippen LogP contribution in [0.4, 0.5) is 0 Å². The molecule has 3 unspecified atom stereocenters. The van der Waals surface area contributed by atoms with Gasteiger partial charge >= 0.3 is 0 Å². The van der Waals surface area contributed by atoms with Gasteiger partial charge in [-0.2, -0.15) is 0 Å². The highest BCUT2D eigenvalue weighted by Crippen LogP contribution is 2.40. The lowest BCUT2D eigenvalue weighted by atomic mass is 9.85. The van der Waals surface area contributed by atoms with Gasteiger partial charge < -0.3 is 10.6 Å². The SMILES string of the molecule is CC.CC.Cc1ccccc1C(NCc1ccc2c(c1)CCC(C1NC3=C(CCC=C3)C(c3ccc(-c4cc5ccccc5c5ccccc45)cc3)N1)=C2)c1ccc(-c2cc3ccccc3c3ccccc23)cc1. The molecule has 2 aliphatic carbocycles. The average Bonchev–Trinajstić information content (AvgIpc) is 3.48. The summed E-state index contributed by atoms with van der Waals surface area (Å²) in [5.74, 6) is 0. The van der Waals surface area contributed by atoms with Gasteiger partial charge in [0.05, 0.1) is 12.1 Å². The molecule has 366 valence electrons. The van der Waals surface area contributed by atoms with Gasteiger partial charge in [0.1, 0.15) is 6.17 Å². The number of benzene rings is 10. The molecule has 10 aromatic carbocycles. The van der Waals surface area contributed by atoms with Crippen molar-refractivity contribution in [2.75, 3.05) is 0 Å².